The van der Waals surface area contributed by atoms with Crippen LogP contribution in [0.5, 0.6) is 0 Å². The smallest absolute Gasteiger partial charge is 0.0462 e. The largest absolute Gasteiger partial charge is 0.311 e. The molecule has 1 nitrogen and oxygen atoms in total. The molecular formula is C35H51NS. The van der Waals surface area contributed by atoms with Crippen LogP contribution in [0.15, 0.2) is 77.7 Å². The maximum absolute atomic E-state index is 2.38. The summed E-state index contributed by atoms with van der Waals surface area (Å²) in [5.41, 5.74) is 6.44. The molecule has 0 saturated heterocycles. The van der Waals surface area contributed by atoms with Crippen LogP contribution in [0.25, 0.3) is 0 Å². The minimum Gasteiger partial charge on any atom is -0.311 e. The Balaban J connectivity index is 0.000000877. The number of anilines is 3. The lowest BCUT2D eigenvalue weighted by atomic mass is 9.97. The quantitative estimate of drug-likeness (QED) is 0.173. The molecule has 0 aliphatic carbocycles. The zero-order valence-electron chi connectivity index (χ0n) is 24.8. The van der Waals surface area contributed by atoms with E-state index in [9.17, 15) is 0 Å². The first-order valence-electron chi connectivity index (χ1n) is 14.6. The molecular weight excluding hydrogens is 466 g/mol. The van der Waals surface area contributed by atoms with Crippen molar-refractivity contribution in [1.29, 1.82) is 0 Å². The molecule has 3 rings (SSSR count). The van der Waals surface area contributed by atoms with Crippen molar-refractivity contribution in [3.05, 3.63) is 83.9 Å². The third kappa shape index (κ3) is 9.89. The second-order valence-corrected chi connectivity index (χ2v) is 11.8. The van der Waals surface area contributed by atoms with Crippen LogP contribution in [0, 0.1) is 5.92 Å². The SMILES string of the molecule is CCC(C)C.CCCCSc1ccc(N(c2ccc(C(C)CC)cc2)c2ccc(C(C)CC)cc2)cc1. The van der Waals surface area contributed by atoms with Gasteiger partial charge in [0.2, 0.25) is 0 Å². The summed E-state index contributed by atoms with van der Waals surface area (Å²) in [5, 5.41) is 0. The topological polar surface area (TPSA) is 3.24 Å². The van der Waals surface area contributed by atoms with Gasteiger partial charge in [-0.3, -0.25) is 0 Å². The van der Waals surface area contributed by atoms with Crippen molar-refractivity contribution in [2.45, 2.75) is 104 Å². The van der Waals surface area contributed by atoms with Crippen molar-refractivity contribution in [3.63, 3.8) is 0 Å². The van der Waals surface area contributed by atoms with Gasteiger partial charge in [-0.25, -0.2) is 0 Å². The Morgan fingerprint density at radius 1 is 0.568 bits per heavy atom. The average Bonchev–Trinajstić information content (AvgIpc) is 2.94. The van der Waals surface area contributed by atoms with Crippen molar-refractivity contribution in [2.75, 3.05) is 10.7 Å². The zero-order valence-corrected chi connectivity index (χ0v) is 25.6. The van der Waals surface area contributed by atoms with E-state index in [4.69, 9.17) is 0 Å². The minimum absolute atomic E-state index is 0.590. The molecule has 0 fully saturated rings. The van der Waals surface area contributed by atoms with Gasteiger partial charge in [0, 0.05) is 22.0 Å². The number of unbranched alkanes of at least 4 members (excludes halogenated alkanes) is 1. The van der Waals surface area contributed by atoms with Gasteiger partial charge in [0.1, 0.15) is 0 Å². The van der Waals surface area contributed by atoms with Crippen LogP contribution in [0.1, 0.15) is 110 Å². The van der Waals surface area contributed by atoms with Crippen LogP contribution in [0.3, 0.4) is 0 Å². The van der Waals surface area contributed by atoms with Gasteiger partial charge in [0.05, 0.1) is 0 Å². The molecule has 0 heterocycles. The predicted molar refractivity (Wildman–Crippen MR) is 169 cm³/mol. The molecule has 2 unspecified atom stereocenters. The fraction of sp³-hybridized carbons (Fsp3) is 0.486. The van der Waals surface area contributed by atoms with E-state index in [1.807, 2.05) is 11.8 Å². The Labute approximate surface area is 233 Å². The van der Waals surface area contributed by atoms with Crippen molar-refractivity contribution in [1.82, 2.24) is 0 Å². The summed E-state index contributed by atoms with van der Waals surface area (Å²) in [7, 11) is 0. The number of thioether (sulfide) groups is 1. The summed E-state index contributed by atoms with van der Waals surface area (Å²) in [6.07, 6.45) is 6.15. The first kappa shape index (κ1) is 31.0. The van der Waals surface area contributed by atoms with E-state index in [1.54, 1.807) is 0 Å². The van der Waals surface area contributed by atoms with Crippen molar-refractivity contribution >= 4 is 28.8 Å². The second kappa shape index (κ2) is 16.6. The number of nitrogens with zero attached hydrogens (tertiary/aromatic N) is 1. The Morgan fingerprint density at radius 3 is 1.27 bits per heavy atom. The first-order valence-corrected chi connectivity index (χ1v) is 15.6. The summed E-state index contributed by atoms with van der Waals surface area (Å²) in [6.45, 7) is 18.0. The second-order valence-electron chi connectivity index (χ2n) is 10.6. The molecule has 0 bridgehead atoms. The summed E-state index contributed by atoms with van der Waals surface area (Å²) in [5.74, 6) is 3.25. The van der Waals surface area contributed by atoms with Crippen LogP contribution in [-0.2, 0) is 0 Å². The van der Waals surface area contributed by atoms with Gasteiger partial charge in [-0.05, 0) is 102 Å². The van der Waals surface area contributed by atoms with Gasteiger partial charge in [0.25, 0.3) is 0 Å². The summed E-state index contributed by atoms with van der Waals surface area (Å²) >= 11 is 1.95. The highest BCUT2D eigenvalue weighted by molar-refractivity contribution is 7.99. The highest BCUT2D eigenvalue weighted by Gasteiger charge is 2.14. The Morgan fingerprint density at radius 2 is 0.946 bits per heavy atom. The molecule has 0 amide bonds. The fourth-order valence-corrected chi connectivity index (χ4v) is 4.85. The highest BCUT2D eigenvalue weighted by Crippen LogP contribution is 2.37. The molecule has 202 valence electrons. The molecule has 0 aliphatic rings. The fourth-order valence-electron chi connectivity index (χ4n) is 3.85. The lowest BCUT2D eigenvalue weighted by molar-refractivity contribution is 0.626. The Kier molecular flexibility index (Phi) is 13.9. The molecule has 2 heteroatoms. The third-order valence-corrected chi connectivity index (χ3v) is 8.44. The molecule has 2 atom stereocenters. The van der Waals surface area contributed by atoms with Crippen LogP contribution >= 0.6 is 11.8 Å². The minimum atomic E-state index is 0.590. The predicted octanol–water partition coefficient (Wildman–Crippen LogP) is 12.1. The van der Waals surface area contributed by atoms with Crippen LogP contribution in [0.4, 0.5) is 17.1 Å². The van der Waals surface area contributed by atoms with E-state index < -0.39 is 0 Å². The molecule has 37 heavy (non-hydrogen) atoms. The molecule has 0 radical (unpaired) electrons. The van der Waals surface area contributed by atoms with Gasteiger partial charge < -0.3 is 4.90 Å². The Hall–Kier alpha value is -2.19. The van der Waals surface area contributed by atoms with E-state index in [-0.39, 0.29) is 0 Å². The maximum Gasteiger partial charge on any atom is 0.0462 e. The molecule has 0 aromatic heterocycles. The van der Waals surface area contributed by atoms with E-state index >= 15 is 0 Å². The average molecular weight is 518 g/mol. The van der Waals surface area contributed by atoms with Crippen molar-refractivity contribution in [2.24, 2.45) is 5.92 Å². The van der Waals surface area contributed by atoms with E-state index in [0.29, 0.717) is 11.8 Å². The van der Waals surface area contributed by atoms with Gasteiger partial charge in [-0.2, -0.15) is 0 Å². The molecule has 0 N–H and O–H groups in total. The number of hydrogen-bond acceptors (Lipinski definition) is 2. The number of benzene rings is 3. The highest BCUT2D eigenvalue weighted by atomic mass is 32.2. The van der Waals surface area contributed by atoms with E-state index in [0.717, 1.165) is 18.8 Å². The van der Waals surface area contributed by atoms with Crippen LogP contribution in [-0.4, -0.2) is 5.75 Å². The maximum atomic E-state index is 2.38. The van der Waals surface area contributed by atoms with Crippen molar-refractivity contribution in [3.8, 4) is 0 Å². The normalized spacial score (nSPS) is 12.6. The van der Waals surface area contributed by atoms with Crippen LogP contribution in [0.2, 0.25) is 0 Å². The standard InChI is InChI=1S/C30H39NS.C5H12/c1-6-9-22-32-30-20-18-29(19-21-30)31(27-14-10-25(11-15-27)23(4)7-2)28-16-12-26(13-17-28)24(5)8-3;1-4-5(2)3/h10-21,23-24H,6-9,22H2,1-5H3;5H,4H2,1-3H3. The molecule has 0 saturated carbocycles. The zero-order chi connectivity index (χ0) is 27.2. The summed E-state index contributed by atoms with van der Waals surface area (Å²) in [6, 6.07) is 27.3. The molecule has 0 aliphatic heterocycles. The number of hydrogen-bond donors (Lipinski definition) is 0. The number of rotatable bonds is 12. The van der Waals surface area contributed by atoms with Gasteiger partial charge in [-0.1, -0.05) is 92.5 Å². The Bertz CT molecular complexity index is 935. The first-order chi connectivity index (χ1) is 17.8. The molecule has 3 aromatic carbocycles. The van der Waals surface area contributed by atoms with E-state index in [1.165, 1.54) is 58.1 Å². The molecule has 3 aromatic rings. The molecule has 0 spiro atoms. The van der Waals surface area contributed by atoms with Crippen LogP contribution < -0.4 is 4.90 Å². The lowest BCUT2D eigenvalue weighted by Crippen LogP contribution is -2.10. The monoisotopic (exact) mass is 517 g/mol. The summed E-state index contributed by atoms with van der Waals surface area (Å²) in [4.78, 5) is 3.72. The summed E-state index contributed by atoms with van der Waals surface area (Å²) < 4.78 is 0. The van der Waals surface area contributed by atoms with E-state index in [2.05, 4.69) is 133 Å². The van der Waals surface area contributed by atoms with Gasteiger partial charge in [-0.15, -0.1) is 11.8 Å². The van der Waals surface area contributed by atoms with Crippen molar-refractivity contribution < 1.29 is 0 Å². The third-order valence-electron chi connectivity index (χ3n) is 7.34. The lowest BCUT2D eigenvalue weighted by Gasteiger charge is -2.26. The van der Waals surface area contributed by atoms with Gasteiger partial charge in [0.15, 0.2) is 0 Å². The van der Waals surface area contributed by atoms with Gasteiger partial charge >= 0.3 is 0 Å².